The Hall–Kier alpha value is -1.09. The Morgan fingerprint density at radius 1 is 1.31 bits per heavy atom. The van der Waals surface area contributed by atoms with E-state index in [0.717, 1.165) is 18.1 Å². The highest BCUT2D eigenvalue weighted by molar-refractivity contribution is 5.25. The molecule has 16 heavy (non-hydrogen) atoms. The van der Waals surface area contributed by atoms with Gasteiger partial charge in [-0.15, -0.1) is 0 Å². The Bertz CT molecular complexity index is 313. The molecule has 0 saturated carbocycles. The zero-order chi connectivity index (χ0) is 12.0. The molecule has 3 nitrogen and oxygen atoms in total. The number of rotatable bonds is 6. The van der Waals surface area contributed by atoms with Crippen molar-refractivity contribution in [3.8, 4) is 5.75 Å². The number of methoxy groups -OCH3 is 1. The molecule has 0 aromatic carbocycles. The highest BCUT2D eigenvalue weighted by Crippen LogP contribution is 2.22. The van der Waals surface area contributed by atoms with Gasteiger partial charge >= 0.3 is 0 Å². The van der Waals surface area contributed by atoms with Gasteiger partial charge in [0.15, 0.2) is 0 Å². The van der Waals surface area contributed by atoms with Gasteiger partial charge < -0.3 is 10.1 Å². The van der Waals surface area contributed by atoms with Crippen molar-refractivity contribution in [1.82, 2.24) is 10.3 Å². The second-order valence-corrected chi connectivity index (χ2v) is 4.47. The molecule has 0 aliphatic rings. The highest BCUT2D eigenvalue weighted by atomic mass is 16.5. The van der Waals surface area contributed by atoms with Crippen LogP contribution in [0.3, 0.4) is 0 Å². The van der Waals surface area contributed by atoms with Crippen molar-refractivity contribution < 1.29 is 4.74 Å². The lowest BCUT2D eigenvalue weighted by molar-refractivity contribution is 0.409. The van der Waals surface area contributed by atoms with Gasteiger partial charge in [-0.05, 0) is 37.4 Å². The molecule has 1 rings (SSSR count). The average Bonchev–Trinajstić information content (AvgIpc) is 2.30. The maximum atomic E-state index is 5.18. The van der Waals surface area contributed by atoms with Gasteiger partial charge in [-0.25, -0.2) is 0 Å². The lowest BCUT2D eigenvalue weighted by Crippen LogP contribution is -2.17. The molecular weight excluding hydrogens is 200 g/mol. The molecular formula is C13H22N2O. The Kier molecular flexibility index (Phi) is 5.26. The first kappa shape index (κ1) is 13.0. The zero-order valence-electron chi connectivity index (χ0n) is 10.7. The topological polar surface area (TPSA) is 34.2 Å². The van der Waals surface area contributed by atoms with Gasteiger partial charge in [0.1, 0.15) is 5.75 Å². The summed E-state index contributed by atoms with van der Waals surface area (Å²) in [4.78, 5) is 4.19. The van der Waals surface area contributed by atoms with E-state index in [1.54, 1.807) is 13.3 Å². The average molecular weight is 222 g/mol. The summed E-state index contributed by atoms with van der Waals surface area (Å²) in [7, 11) is 3.66. The monoisotopic (exact) mass is 222 g/mol. The number of pyridine rings is 1. The van der Waals surface area contributed by atoms with E-state index in [-0.39, 0.29) is 0 Å². The molecule has 1 atom stereocenters. The molecule has 0 aliphatic carbocycles. The minimum Gasteiger partial charge on any atom is -0.495 e. The largest absolute Gasteiger partial charge is 0.495 e. The first-order valence-corrected chi connectivity index (χ1v) is 5.83. The first-order valence-electron chi connectivity index (χ1n) is 5.83. The predicted octanol–water partition coefficient (Wildman–Crippen LogP) is 2.79. The number of hydrogen-bond acceptors (Lipinski definition) is 3. The smallest absolute Gasteiger partial charge is 0.137 e. The van der Waals surface area contributed by atoms with Crippen molar-refractivity contribution in [3.63, 3.8) is 0 Å². The van der Waals surface area contributed by atoms with Crippen LogP contribution in [0.2, 0.25) is 0 Å². The van der Waals surface area contributed by atoms with Crippen LogP contribution in [-0.4, -0.2) is 19.1 Å². The summed E-state index contributed by atoms with van der Waals surface area (Å²) in [5, 5.41) is 3.33. The Labute approximate surface area is 98.2 Å². The summed E-state index contributed by atoms with van der Waals surface area (Å²) in [5.41, 5.74) is 1.20. The third-order valence-corrected chi connectivity index (χ3v) is 2.75. The Morgan fingerprint density at radius 2 is 2.06 bits per heavy atom. The van der Waals surface area contributed by atoms with E-state index >= 15 is 0 Å². The zero-order valence-corrected chi connectivity index (χ0v) is 10.7. The maximum Gasteiger partial charge on any atom is 0.137 e. The van der Waals surface area contributed by atoms with Gasteiger partial charge in [-0.3, -0.25) is 4.98 Å². The van der Waals surface area contributed by atoms with E-state index in [0.29, 0.717) is 6.04 Å². The van der Waals surface area contributed by atoms with Gasteiger partial charge in [0.2, 0.25) is 0 Å². The van der Waals surface area contributed by atoms with Crippen LogP contribution in [0.25, 0.3) is 0 Å². The van der Waals surface area contributed by atoms with Crippen LogP contribution < -0.4 is 10.1 Å². The van der Waals surface area contributed by atoms with Gasteiger partial charge in [0.25, 0.3) is 0 Å². The quantitative estimate of drug-likeness (QED) is 0.803. The maximum absolute atomic E-state index is 5.18. The molecule has 0 spiro atoms. The van der Waals surface area contributed by atoms with E-state index in [1.807, 2.05) is 13.2 Å². The number of nitrogens with one attached hydrogen (secondary N) is 1. The summed E-state index contributed by atoms with van der Waals surface area (Å²) < 4.78 is 5.18. The van der Waals surface area contributed by atoms with Crippen LogP contribution >= 0.6 is 0 Å². The third-order valence-electron chi connectivity index (χ3n) is 2.75. The summed E-state index contributed by atoms with van der Waals surface area (Å²) in [5.74, 6) is 1.55. The summed E-state index contributed by atoms with van der Waals surface area (Å²) >= 11 is 0. The summed E-state index contributed by atoms with van der Waals surface area (Å²) in [6.07, 6.45) is 5.98. The highest BCUT2D eigenvalue weighted by Gasteiger charge is 2.11. The van der Waals surface area contributed by atoms with Crippen LogP contribution in [0, 0.1) is 5.92 Å². The molecule has 0 fully saturated rings. The van der Waals surface area contributed by atoms with E-state index in [4.69, 9.17) is 4.74 Å². The lowest BCUT2D eigenvalue weighted by Gasteiger charge is -2.17. The Balaban J connectivity index is 2.70. The fourth-order valence-electron chi connectivity index (χ4n) is 1.72. The fourth-order valence-corrected chi connectivity index (χ4v) is 1.72. The van der Waals surface area contributed by atoms with E-state index in [2.05, 4.69) is 30.2 Å². The number of nitrogens with zero attached hydrogens (tertiary/aromatic N) is 1. The molecule has 3 heteroatoms. The van der Waals surface area contributed by atoms with Crippen molar-refractivity contribution in [3.05, 3.63) is 24.0 Å². The fraction of sp³-hybridized carbons (Fsp3) is 0.615. The second kappa shape index (κ2) is 6.48. The van der Waals surface area contributed by atoms with Crippen LogP contribution in [0.5, 0.6) is 5.75 Å². The van der Waals surface area contributed by atoms with Gasteiger partial charge in [0, 0.05) is 12.2 Å². The molecule has 0 bridgehead atoms. The van der Waals surface area contributed by atoms with Crippen LogP contribution in [-0.2, 0) is 0 Å². The SMILES string of the molecule is CNC(CCC(C)C)c1cncc(OC)c1. The molecule has 1 aromatic heterocycles. The van der Waals surface area contributed by atoms with Crippen LogP contribution in [0.4, 0.5) is 0 Å². The summed E-state index contributed by atoms with van der Waals surface area (Å²) in [6.45, 7) is 4.49. The molecule has 1 unspecified atom stereocenters. The van der Waals surface area contributed by atoms with Crippen molar-refractivity contribution in [2.45, 2.75) is 32.7 Å². The van der Waals surface area contributed by atoms with E-state index in [9.17, 15) is 0 Å². The standard InChI is InChI=1S/C13H22N2O/c1-10(2)5-6-13(14-3)11-7-12(16-4)9-15-8-11/h7-10,13-14H,5-6H2,1-4H3. The number of ether oxygens (including phenoxy) is 1. The molecule has 1 heterocycles. The molecule has 90 valence electrons. The van der Waals surface area contributed by atoms with Gasteiger partial charge in [0.05, 0.1) is 13.3 Å². The van der Waals surface area contributed by atoms with Crippen LogP contribution in [0.1, 0.15) is 38.3 Å². The predicted molar refractivity (Wildman–Crippen MR) is 66.7 cm³/mol. The van der Waals surface area contributed by atoms with Crippen molar-refractivity contribution in [1.29, 1.82) is 0 Å². The lowest BCUT2D eigenvalue weighted by atomic mass is 9.99. The third kappa shape index (κ3) is 3.81. The molecule has 1 N–H and O–H groups in total. The van der Waals surface area contributed by atoms with Crippen molar-refractivity contribution >= 4 is 0 Å². The molecule has 0 saturated heterocycles. The minimum absolute atomic E-state index is 0.366. The molecule has 0 radical (unpaired) electrons. The molecule has 1 aromatic rings. The van der Waals surface area contributed by atoms with Crippen molar-refractivity contribution in [2.75, 3.05) is 14.2 Å². The second-order valence-electron chi connectivity index (χ2n) is 4.47. The first-order chi connectivity index (χ1) is 7.67. The number of aromatic nitrogens is 1. The van der Waals surface area contributed by atoms with Crippen molar-refractivity contribution in [2.24, 2.45) is 5.92 Å². The number of hydrogen-bond donors (Lipinski definition) is 1. The Morgan fingerprint density at radius 3 is 2.62 bits per heavy atom. The van der Waals surface area contributed by atoms with Gasteiger partial charge in [-0.2, -0.15) is 0 Å². The normalized spacial score (nSPS) is 12.8. The van der Waals surface area contributed by atoms with E-state index < -0.39 is 0 Å². The molecule has 0 aliphatic heterocycles. The summed E-state index contributed by atoms with van der Waals surface area (Å²) in [6, 6.07) is 2.42. The molecule has 0 amide bonds. The van der Waals surface area contributed by atoms with E-state index in [1.165, 1.54) is 12.0 Å². The van der Waals surface area contributed by atoms with Gasteiger partial charge in [-0.1, -0.05) is 13.8 Å². The minimum atomic E-state index is 0.366. The van der Waals surface area contributed by atoms with Crippen LogP contribution in [0.15, 0.2) is 18.5 Å².